The van der Waals surface area contributed by atoms with Gasteiger partial charge in [0.1, 0.15) is 5.75 Å². The molecular weight excluding hydrogens is 454 g/mol. The van der Waals surface area contributed by atoms with E-state index in [-0.39, 0.29) is 23.2 Å². The summed E-state index contributed by atoms with van der Waals surface area (Å²) in [5, 5.41) is 10.3. The summed E-state index contributed by atoms with van der Waals surface area (Å²) in [5.41, 5.74) is 10.1. The van der Waals surface area contributed by atoms with E-state index in [2.05, 4.69) is 24.8 Å². The van der Waals surface area contributed by atoms with Gasteiger partial charge in [-0.15, -0.1) is 0 Å². The topological polar surface area (TPSA) is 55.5 Å². The molecule has 7 aliphatic rings. The van der Waals surface area contributed by atoms with E-state index in [1.807, 2.05) is 12.1 Å². The highest BCUT2D eigenvalue weighted by Gasteiger charge is 2.66. The molecule has 0 radical (unpaired) electrons. The van der Waals surface area contributed by atoms with Gasteiger partial charge < -0.3 is 15.6 Å². The van der Waals surface area contributed by atoms with Gasteiger partial charge in [0.2, 0.25) is 0 Å². The summed E-state index contributed by atoms with van der Waals surface area (Å²) >= 11 is 0. The Morgan fingerprint density at radius 3 is 2.57 bits per heavy atom. The van der Waals surface area contributed by atoms with E-state index in [1.54, 1.807) is 0 Å². The van der Waals surface area contributed by atoms with Crippen LogP contribution in [0.15, 0.2) is 18.2 Å². The SMILES string of the molecule is CC1(C2CCCCC2)OC23CCC1C(N)C2C#CCc1cc(O)ccc1CC1CC3CC2(CCCC2)C1. The number of fused-ring (bicyclic) bond motifs is 5. The zero-order valence-corrected chi connectivity index (χ0v) is 22.9. The predicted octanol–water partition coefficient (Wildman–Crippen LogP) is 6.93. The van der Waals surface area contributed by atoms with E-state index in [0.29, 0.717) is 41.3 Å². The highest BCUT2D eigenvalue weighted by Crippen LogP contribution is 2.64. The molecule has 1 aromatic carbocycles. The molecule has 3 heteroatoms. The molecule has 8 rings (SSSR count). The molecule has 3 nitrogen and oxygen atoms in total. The molecule has 4 saturated carbocycles. The zero-order chi connectivity index (χ0) is 25.3. The van der Waals surface area contributed by atoms with Crippen LogP contribution in [0.25, 0.3) is 0 Å². The Bertz CT molecular complexity index is 1090. The van der Waals surface area contributed by atoms with Crippen molar-refractivity contribution in [3.63, 3.8) is 0 Å². The van der Waals surface area contributed by atoms with Crippen LogP contribution in [0.3, 0.4) is 0 Å². The monoisotopic (exact) mass is 501 g/mol. The quantitative estimate of drug-likeness (QED) is 0.410. The second kappa shape index (κ2) is 9.02. The number of nitrogens with two attached hydrogens (primary N) is 1. The normalized spacial score (nSPS) is 42.8. The van der Waals surface area contributed by atoms with Crippen LogP contribution in [0, 0.1) is 46.8 Å². The van der Waals surface area contributed by atoms with E-state index >= 15 is 0 Å². The van der Waals surface area contributed by atoms with Crippen LogP contribution < -0.4 is 5.73 Å². The fraction of sp³-hybridized carbons (Fsp3) is 0.765. The molecule has 2 saturated heterocycles. The van der Waals surface area contributed by atoms with Gasteiger partial charge in [-0.25, -0.2) is 0 Å². The fourth-order valence-electron chi connectivity index (χ4n) is 10.8. The maximum absolute atomic E-state index is 10.3. The zero-order valence-electron chi connectivity index (χ0n) is 22.9. The summed E-state index contributed by atoms with van der Waals surface area (Å²) in [6.07, 6.45) is 20.4. The molecule has 2 heterocycles. The Morgan fingerprint density at radius 2 is 1.76 bits per heavy atom. The first kappa shape index (κ1) is 24.5. The van der Waals surface area contributed by atoms with E-state index in [1.165, 1.54) is 94.6 Å². The Kier molecular flexibility index (Phi) is 5.98. The van der Waals surface area contributed by atoms with Crippen molar-refractivity contribution in [3.8, 4) is 17.6 Å². The number of hydrogen-bond donors (Lipinski definition) is 2. The minimum Gasteiger partial charge on any atom is -0.508 e. The number of ether oxygens (including phenoxy) is 1. The van der Waals surface area contributed by atoms with Gasteiger partial charge >= 0.3 is 0 Å². The van der Waals surface area contributed by atoms with E-state index < -0.39 is 0 Å². The standard InChI is InChI=1S/C34H47NO2/c1-32(26-9-3-2-4-10-26)29-14-17-34(37-32)27-19-23(21-33(22-27)15-5-6-16-33)18-25-12-13-28(36)20-24(25)8-7-11-30(34)31(29)35/h12-13,20,23,26-27,29-31,36H,2-6,8-10,14-19,21-22,35H2,1H3. The van der Waals surface area contributed by atoms with Crippen LogP contribution in [0.5, 0.6) is 5.75 Å². The van der Waals surface area contributed by atoms with Gasteiger partial charge in [-0.05, 0) is 118 Å². The number of aromatic hydroxyl groups is 1. The molecule has 3 N–H and O–H groups in total. The van der Waals surface area contributed by atoms with Crippen LogP contribution in [0.1, 0.15) is 108 Å². The predicted molar refractivity (Wildman–Crippen MR) is 148 cm³/mol. The Morgan fingerprint density at radius 1 is 0.946 bits per heavy atom. The largest absolute Gasteiger partial charge is 0.508 e. The summed E-state index contributed by atoms with van der Waals surface area (Å²) in [5.74, 6) is 10.2. The third-order valence-corrected chi connectivity index (χ3v) is 12.4. The lowest BCUT2D eigenvalue weighted by Gasteiger charge is -2.67. The number of benzene rings is 1. The second-order valence-electron chi connectivity index (χ2n) is 14.3. The van der Waals surface area contributed by atoms with Crippen molar-refractivity contribution < 1.29 is 9.84 Å². The molecule has 5 aliphatic carbocycles. The maximum atomic E-state index is 10.3. The van der Waals surface area contributed by atoms with Crippen molar-refractivity contribution in [2.24, 2.45) is 40.7 Å². The lowest BCUT2D eigenvalue weighted by Crippen LogP contribution is -2.73. The summed E-state index contributed by atoms with van der Waals surface area (Å²) in [6, 6.07) is 6.12. The van der Waals surface area contributed by atoms with Crippen LogP contribution in [0.4, 0.5) is 0 Å². The van der Waals surface area contributed by atoms with E-state index in [0.717, 1.165) is 12.8 Å². The first-order valence-corrected chi connectivity index (χ1v) is 15.7. The molecular formula is C34H47NO2. The molecule has 1 aromatic rings. The van der Waals surface area contributed by atoms with Gasteiger partial charge in [-0.1, -0.05) is 50.0 Å². The molecule has 6 fully saturated rings. The number of phenolic OH excluding ortho intramolecular Hbond substituents is 1. The third-order valence-electron chi connectivity index (χ3n) is 12.4. The molecule has 37 heavy (non-hydrogen) atoms. The van der Waals surface area contributed by atoms with Gasteiger partial charge in [0.25, 0.3) is 0 Å². The molecule has 2 spiro atoms. The summed E-state index contributed by atoms with van der Waals surface area (Å²) < 4.78 is 7.71. The Balaban J connectivity index is 1.34. The van der Waals surface area contributed by atoms with Crippen LogP contribution in [0.2, 0.25) is 0 Å². The van der Waals surface area contributed by atoms with Crippen molar-refractivity contribution in [3.05, 3.63) is 29.3 Å². The van der Waals surface area contributed by atoms with Gasteiger partial charge in [-0.3, -0.25) is 0 Å². The van der Waals surface area contributed by atoms with Crippen LogP contribution >= 0.6 is 0 Å². The highest BCUT2D eigenvalue weighted by molar-refractivity contribution is 5.38. The van der Waals surface area contributed by atoms with E-state index in [9.17, 15) is 5.11 Å². The summed E-state index contributed by atoms with van der Waals surface area (Å²) in [4.78, 5) is 0. The summed E-state index contributed by atoms with van der Waals surface area (Å²) in [7, 11) is 0. The first-order valence-electron chi connectivity index (χ1n) is 15.7. The second-order valence-corrected chi connectivity index (χ2v) is 14.3. The first-order chi connectivity index (χ1) is 17.9. The van der Waals surface area contributed by atoms with Crippen molar-refractivity contribution in [1.82, 2.24) is 0 Å². The molecule has 7 unspecified atom stereocenters. The van der Waals surface area contributed by atoms with Crippen molar-refractivity contribution in [2.75, 3.05) is 0 Å². The fourth-order valence-corrected chi connectivity index (χ4v) is 10.8. The average molecular weight is 502 g/mol. The lowest BCUT2D eigenvalue weighted by atomic mass is 9.49. The lowest BCUT2D eigenvalue weighted by molar-refractivity contribution is -0.313. The van der Waals surface area contributed by atoms with Gasteiger partial charge in [0.05, 0.1) is 17.1 Å². The number of rotatable bonds is 1. The molecule has 0 aromatic heterocycles. The highest BCUT2D eigenvalue weighted by atomic mass is 16.5. The third kappa shape index (κ3) is 3.91. The van der Waals surface area contributed by atoms with Gasteiger partial charge in [0, 0.05) is 18.4 Å². The molecule has 0 amide bonds. The smallest absolute Gasteiger partial charge is 0.115 e. The van der Waals surface area contributed by atoms with Crippen molar-refractivity contribution >= 4 is 0 Å². The Hall–Kier alpha value is -1.50. The average Bonchev–Trinajstić information content (AvgIpc) is 3.33. The van der Waals surface area contributed by atoms with Crippen LogP contribution in [-0.4, -0.2) is 22.4 Å². The Labute approximate surface area is 224 Å². The molecule has 7 atom stereocenters. The van der Waals surface area contributed by atoms with Gasteiger partial charge in [-0.2, -0.15) is 0 Å². The minimum absolute atomic E-state index is 0.0962. The molecule has 4 bridgehead atoms. The number of phenols is 1. The molecule has 200 valence electrons. The van der Waals surface area contributed by atoms with E-state index in [4.69, 9.17) is 10.5 Å². The van der Waals surface area contributed by atoms with Crippen molar-refractivity contribution in [1.29, 1.82) is 0 Å². The molecule has 2 aliphatic heterocycles. The number of hydrogen-bond acceptors (Lipinski definition) is 3. The van der Waals surface area contributed by atoms with Crippen molar-refractivity contribution in [2.45, 2.75) is 127 Å². The van der Waals surface area contributed by atoms with Gasteiger partial charge in [0.15, 0.2) is 0 Å². The minimum atomic E-state index is -0.194. The van der Waals surface area contributed by atoms with Crippen LogP contribution in [-0.2, 0) is 17.6 Å². The summed E-state index contributed by atoms with van der Waals surface area (Å²) in [6.45, 7) is 2.47. The maximum Gasteiger partial charge on any atom is 0.115 e.